The maximum atomic E-state index is 11.9. The van der Waals surface area contributed by atoms with Crippen molar-refractivity contribution in [3.8, 4) is 0 Å². The van der Waals surface area contributed by atoms with Gasteiger partial charge in [-0.3, -0.25) is 9.59 Å². The molecule has 2 heterocycles. The number of rotatable bonds is 3. The molecule has 6 heteroatoms. The average molecular weight is 273 g/mol. The van der Waals surface area contributed by atoms with Gasteiger partial charge < -0.3 is 14.6 Å². The number of benzene rings is 1. The number of nitrogens with one attached hydrogen (secondary N) is 1. The Kier molecular flexibility index (Phi) is 3.14. The molecule has 1 saturated heterocycles. The van der Waals surface area contributed by atoms with Gasteiger partial charge in [0.2, 0.25) is 5.91 Å². The van der Waals surface area contributed by atoms with Gasteiger partial charge in [-0.2, -0.15) is 0 Å². The topological polar surface area (TPSA) is 75.3 Å². The summed E-state index contributed by atoms with van der Waals surface area (Å²) in [6, 6.07) is 7.70. The lowest BCUT2D eigenvalue weighted by Crippen LogP contribution is -2.26. The summed E-state index contributed by atoms with van der Waals surface area (Å²) in [7, 11) is 1.34. The minimum absolute atomic E-state index is 0.0409. The Balaban J connectivity index is 1.74. The Labute approximate surface area is 115 Å². The number of carbonyl (C=O) groups excluding carboxylic acids is 2. The van der Waals surface area contributed by atoms with Gasteiger partial charge in [0.05, 0.1) is 30.6 Å². The number of amides is 1. The second-order valence-electron chi connectivity index (χ2n) is 4.90. The van der Waals surface area contributed by atoms with E-state index in [1.54, 1.807) is 4.90 Å². The lowest BCUT2D eigenvalue weighted by Gasteiger charge is -2.14. The molecule has 0 aliphatic carbocycles. The van der Waals surface area contributed by atoms with E-state index in [1.165, 1.54) is 7.11 Å². The molecule has 1 aromatic carbocycles. The van der Waals surface area contributed by atoms with Crippen molar-refractivity contribution in [3.05, 3.63) is 30.1 Å². The first-order chi connectivity index (χ1) is 9.67. The number of hydrogen-bond donors (Lipinski definition) is 1. The van der Waals surface area contributed by atoms with Crippen LogP contribution in [0.3, 0.4) is 0 Å². The highest BCUT2D eigenvalue weighted by Crippen LogP contribution is 2.21. The number of H-pyrrole nitrogens is 1. The number of imidazole rings is 1. The summed E-state index contributed by atoms with van der Waals surface area (Å²) in [4.78, 5) is 32.6. The molecule has 1 aromatic heterocycles. The Morgan fingerprint density at radius 2 is 2.30 bits per heavy atom. The third kappa shape index (κ3) is 2.24. The fourth-order valence-electron chi connectivity index (χ4n) is 2.51. The molecule has 3 rings (SSSR count). The molecule has 1 unspecified atom stereocenters. The number of esters is 1. The van der Waals surface area contributed by atoms with Gasteiger partial charge in [0.15, 0.2) is 0 Å². The van der Waals surface area contributed by atoms with E-state index < -0.39 is 0 Å². The molecule has 20 heavy (non-hydrogen) atoms. The van der Waals surface area contributed by atoms with Crippen LogP contribution < -0.4 is 0 Å². The van der Waals surface area contributed by atoms with E-state index in [0.29, 0.717) is 13.1 Å². The lowest BCUT2D eigenvalue weighted by atomic mass is 10.1. The number of likely N-dealkylation sites (tertiary alicyclic amines) is 1. The fourth-order valence-corrected chi connectivity index (χ4v) is 2.51. The van der Waals surface area contributed by atoms with E-state index in [0.717, 1.165) is 16.9 Å². The summed E-state index contributed by atoms with van der Waals surface area (Å²) in [5.41, 5.74) is 1.82. The van der Waals surface area contributed by atoms with Crippen LogP contribution in [0.1, 0.15) is 12.2 Å². The van der Waals surface area contributed by atoms with Crippen molar-refractivity contribution < 1.29 is 14.3 Å². The van der Waals surface area contributed by atoms with Gasteiger partial charge >= 0.3 is 5.97 Å². The van der Waals surface area contributed by atoms with E-state index >= 15 is 0 Å². The maximum Gasteiger partial charge on any atom is 0.310 e. The molecule has 1 aliphatic rings. The zero-order valence-corrected chi connectivity index (χ0v) is 11.1. The first-order valence-electron chi connectivity index (χ1n) is 6.46. The van der Waals surface area contributed by atoms with Gasteiger partial charge in [-0.1, -0.05) is 12.1 Å². The van der Waals surface area contributed by atoms with Crippen LogP contribution in [0.2, 0.25) is 0 Å². The average Bonchev–Trinajstić information content (AvgIpc) is 3.02. The number of methoxy groups -OCH3 is 1. The van der Waals surface area contributed by atoms with Gasteiger partial charge in [-0.15, -0.1) is 0 Å². The number of carbonyl (C=O) groups is 2. The highest BCUT2D eigenvalue weighted by atomic mass is 16.5. The molecule has 1 aliphatic heterocycles. The van der Waals surface area contributed by atoms with Crippen molar-refractivity contribution in [1.29, 1.82) is 0 Å². The predicted octanol–water partition coefficient (Wildman–Crippen LogP) is 1.08. The van der Waals surface area contributed by atoms with Crippen molar-refractivity contribution in [2.45, 2.75) is 13.0 Å². The Hall–Kier alpha value is -2.37. The largest absolute Gasteiger partial charge is 0.469 e. The molecule has 2 aromatic rings. The number of ether oxygens (including phenoxy) is 1. The van der Waals surface area contributed by atoms with Crippen molar-refractivity contribution >= 4 is 22.9 Å². The lowest BCUT2D eigenvalue weighted by molar-refractivity contribution is -0.145. The highest BCUT2D eigenvalue weighted by molar-refractivity contribution is 5.86. The predicted molar refractivity (Wildman–Crippen MR) is 71.6 cm³/mol. The molecule has 6 nitrogen and oxygen atoms in total. The minimum Gasteiger partial charge on any atom is -0.469 e. The Morgan fingerprint density at radius 3 is 3.05 bits per heavy atom. The number of aromatic nitrogens is 2. The monoisotopic (exact) mass is 273 g/mol. The van der Waals surface area contributed by atoms with Crippen LogP contribution in [0.5, 0.6) is 0 Å². The molecule has 0 saturated carbocycles. The normalized spacial score (nSPS) is 18.8. The zero-order valence-electron chi connectivity index (χ0n) is 11.1. The molecule has 1 N–H and O–H groups in total. The van der Waals surface area contributed by atoms with Crippen molar-refractivity contribution in [3.63, 3.8) is 0 Å². The van der Waals surface area contributed by atoms with E-state index in [4.69, 9.17) is 0 Å². The molecule has 0 bridgehead atoms. The van der Waals surface area contributed by atoms with Crippen molar-refractivity contribution in [2.24, 2.45) is 5.92 Å². The SMILES string of the molecule is COC(=O)C1CC(=O)N(Cc2nc3ccccc3[nH]2)C1. The number of nitrogens with zero attached hydrogens (tertiary/aromatic N) is 2. The molecular formula is C14H15N3O3. The summed E-state index contributed by atoms with van der Waals surface area (Å²) in [5.74, 6) is -0.00624. The summed E-state index contributed by atoms with van der Waals surface area (Å²) in [5, 5.41) is 0. The Morgan fingerprint density at radius 1 is 1.50 bits per heavy atom. The van der Waals surface area contributed by atoms with Crippen LogP contribution in [0.25, 0.3) is 11.0 Å². The second-order valence-corrected chi connectivity index (χ2v) is 4.90. The minimum atomic E-state index is -0.364. The molecule has 104 valence electrons. The Bertz CT molecular complexity index is 631. The zero-order chi connectivity index (χ0) is 14.1. The highest BCUT2D eigenvalue weighted by Gasteiger charge is 2.35. The second kappa shape index (κ2) is 4.96. The molecule has 1 atom stereocenters. The van der Waals surface area contributed by atoms with Crippen LogP contribution in [-0.4, -0.2) is 40.4 Å². The first kappa shape index (κ1) is 12.7. The summed E-state index contributed by atoms with van der Waals surface area (Å²) >= 11 is 0. The van der Waals surface area contributed by atoms with Crippen LogP contribution in [0.15, 0.2) is 24.3 Å². The number of fused-ring (bicyclic) bond motifs is 1. The number of aromatic amines is 1. The standard InChI is InChI=1S/C14H15N3O3/c1-20-14(19)9-6-13(18)17(7-9)8-12-15-10-4-2-3-5-11(10)16-12/h2-5,9H,6-8H2,1H3,(H,15,16). The van der Waals surface area contributed by atoms with Crippen LogP contribution in [0, 0.1) is 5.92 Å². The van der Waals surface area contributed by atoms with Crippen molar-refractivity contribution in [1.82, 2.24) is 14.9 Å². The van der Waals surface area contributed by atoms with E-state index in [9.17, 15) is 9.59 Å². The quantitative estimate of drug-likeness (QED) is 0.849. The smallest absolute Gasteiger partial charge is 0.310 e. The van der Waals surface area contributed by atoms with E-state index in [2.05, 4.69) is 14.7 Å². The summed E-state index contributed by atoms with van der Waals surface area (Å²) < 4.78 is 4.69. The fraction of sp³-hybridized carbons (Fsp3) is 0.357. The van der Waals surface area contributed by atoms with Crippen molar-refractivity contribution in [2.75, 3.05) is 13.7 Å². The number of para-hydroxylation sites is 2. The summed E-state index contributed by atoms with van der Waals surface area (Å²) in [6.45, 7) is 0.781. The van der Waals surface area contributed by atoms with Gasteiger partial charge in [-0.25, -0.2) is 4.98 Å². The van der Waals surface area contributed by atoms with Gasteiger partial charge in [-0.05, 0) is 12.1 Å². The van der Waals surface area contributed by atoms with E-state index in [-0.39, 0.29) is 24.2 Å². The third-order valence-corrected chi connectivity index (χ3v) is 3.53. The molecule has 1 fully saturated rings. The van der Waals surface area contributed by atoms with Gasteiger partial charge in [0.1, 0.15) is 5.82 Å². The summed E-state index contributed by atoms with van der Waals surface area (Å²) in [6.07, 6.45) is 0.215. The van der Waals surface area contributed by atoms with Crippen LogP contribution >= 0.6 is 0 Å². The van der Waals surface area contributed by atoms with E-state index in [1.807, 2.05) is 24.3 Å². The molecule has 1 amide bonds. The molecular weight excluding hydrogens is 258 g/mol. The maximum absolute atomic E-state index is 11.9. The molecule has 0 radical (unpaired) electrons. The van der Waals surface area contributed by atoms with Crippen LogP contribution in [0.4, 0.5) is 0 Å². The third-order valence-electron chi connectivity index (χ3n) is 3.53. The van der Waals surface area contributed by atoms with Gasteiger partial charge in [0, 0.05) is 13.0 Å². The molecule has 0 spiro atoms. The first-order valence-corrected chi connectivity index (χ1v) is 6.46. The van der Waals surface area contributed by atoms with Gasteiger partial charge in [0.25, 0.3) is 0 Å². The number of hydrogen-bond acceptors (Lipinski definition) is 4. The van der Waals surface area contributed by atoms with Crippen LogP contribution in [-0.2, 0) is 20.9 Å².